The minimum absolute atomic E-state index is 0.0747. The molecule has 0 spiro atoms. The minimum atomic E-state index is -0.127. The first-order valence-electron chi connectivity index (χ1n) is 4.40. The summed E-state index contributed by atoms with van der Waals surface area (Å²) >= 11 is 0. The largest absolute Gasteiger partial charge is 0.295 e. The van der Waals surface area contributed by atoms with E-state index >= 15 is 0 Å². The van der Waals surface area contributed by atoms with Gasteiger partial charge in [0.15, 0.2) is 11.6 Å². The average molecular weight is 188 g/mol. The second-order valence-electron chi connectivity index (χ2n) is 3.11. The number of ketones is 2. The van der Waals surface area contributed by atoms with E-state index in [0.717, 1.165) is 0 Å². The van der Waals surface area contributed by atoms with Crippen LogP contribution in [-0.2, 0) is 4.79 Å². The van der Waals surface area contributed by atoms with E-state index in [0.29, 0.717) is 11.1 Å². The summed E-state index contributed by atoms with van der Waals surface area (Å²) in [4.78, 5) is 22.4. The molecule has 0 atom stereocenters. The second kappa shape index (κ2) is 4.51. The standard InChI is InChI=1S/C12H12O2/c1-9(10(2)13)8-12(14)11-6-4-3-5-7-11/h3-8H,1-2H3. The van der Waals surface area contributed by atoms with Crippen molar-refractivity contribution in [3.8, 4) is 0 Å². The Labute approximate surface area is 83.3 Å². The molecule has 0 unspecified atom stereocenters. The van der Waals surface area contributed by atoms with Gasteiger partial charge in [0, 0.05) is 5.56 Å². The number of benzene rings is 1. The zero-order valence-electron chi connectivity index (χ0n) is 8.28. The van der Waals surface area contributed by atoms with Gasteiger partial charge < -0.3 is 0 Å². The van der Waals surface area contributed by atoms with Crippen LogP contribution in [0, 0.1) is 0 Å². The summed E-state index contributed by atoms with van der Waals surface area (Å²) in [6.45, 7) is 3.09. The molecule has 0 aromatic heterocycles. The fourth-order valence-corrected chi connectivity index (χ4v) is 0.984. The van der Waals surface area contributed by atoms with E-state index in [1.54, 1.807) is 31.2 Å². The summed E-state index contributed by atoms with van der Waals surface area (Å²) < 4.78 is 0. The minimum Gasteiger partial charge on any atom is -0.295 e. The first-order chi connectivity index (χ1) is 6.61. The van der Waals surface area contributed by atoms with Crippen LogP contribution >= 0.6 is 0 Å². The van der Waals surface area contributed by atoms with Crippen molar-refractivity contribution in [1.82, 2.24) is 0 Å². The zero-order valence-corrected chi connectivity index (χ0v) is 8.28. The first kappa shape index (κ1) is 10.4. The van der Waals surface area contributed by atoms with E-state index in [-0.39, 0.29) is 11.6 Å². The van der Waals surface area contributed by atoms with Gasteiger partial charge in [-0.2, -0.15) is 0 Å². The fourth-order valence-electron chi connectivity index (χ4n) is 0.984. The van der Waals surface area contributed by atoms with Crippen molar-refractivity contribution in [2.75, 3.05) is 0 Å². The summed E-state index contributed by atoms with van der Waals surface area (Å²) in [7, 11) is 0. The van der Waals surface area contributed by atoms with Gasteiger partial charge >= 0.3 is 0 Å². The van der Waals surface area contributed by atoms with Crippen LogP contribution in [0.5, 0.6) is 0 Å². The summed E-state index contributed by atoms with van der Waals surface area (Å²) in [5.74, 6) is -0.201. The molecule has 0 fully saturated rings. The third-order valence-electron chi connectivity index (χ3n) is 1.96. The van der Waals surface area contributed by atoms with Crippen LogP contribution in [0.1, 0.15) is 24.2 Å². The first-order valence-corrected chi connectivity index (χ1v) is 4.40. The average Bonchev–Trinajstić information content (AvgIpc) is 2.19. The number of hydrogen-bond acceptors (Lipinski definition) is 2. The molecule has 2 nitrogen and oxygen atoms in total. The van der Waals surface area contributed by atoms with Crippen LogP contribution in [0.2, 0.25) is 0 Å². The summed E-state index contributed by atoms with van der Waals surface area (Å²) in [5, 5.41) is 0. The number of Topliss-reactive ketones (excluding diaryl/α,β-unsaturated/α-hetero) is 1. The van der Waals surface area contributed by atoms with Crippen LogP contribution in [0.4, 0.5) is 0 Å². The zero-order chi connectivity index (χ0) is 10.6. The Bertz CT molecular complexity index is 375. The highest BCUT2D eigenvalue weighted by atomic mass is 16.1. The van der Waals surface area contributed by atoms with Gasteiger partial charge in [0.05, 0.1) is 0 Å². The van der Waals surface area contributed by atoms with E-state index in [2.05, 4.69) is 0 Å². The molecule has 14 heavy (non-hydrogen) atoms. The predicted molar refractivity (Wildman–Crippen MR) is 55.2 cm³/mol. The van der Waals surface area contributed by atoms with Crippen LogP contribution < -0.4 is 0 Å². The molecule has 1 aromatic rings. The third kappa shape index (κ3) is 2.66. The van der Waals surface area contributed by atoms with Gasteiger partial charge in [-0.1, -0.05) is 30.3 Å². The highest BCUT2D eigenvalue weighted by molar-refractivity contribution is 6.09. The molecular weight excluding hydrogens is 176 g/mol. The molecule has 0 saturated heterocycles. The van der Waals surface area contributed by atoms with E-state index in [1.807, 2.05) is 6.07 Å². The molecule has 1 aromatic carbocycles. The van der Waals surface area contributed by atoms with Crippen molar-refractivity contribution in [3.63, 3.8) is 0 Å². The molecule has 0 aliphatic carbocycles. The highest BCUT2D eigenvalue weighted by Gasteiger charge is 2.03. The maximum Gasteiger partial charge on any atom is 0.186 e. The number of carbonyl (C=O) groups is 2. The van der Waals surface area contributed by atoms with Gasteiger partial charge in [0.25, 0.3) is 0 Å². The fraction of sp³-hybridized carbons (Fsp3) is 0.167. The Morgan fingerprint density at radius 2 is 1.64 bits per heavy atom. The van der Waals surface area contributed by atoms with Crippen molar-refractivity contribution in [2.24, 2.45) is 0 Å². The van der Waals surface area contributed by atoms with Crippen molar-refractivity contribution in [2.45, 2.75) is 13.8 Å². The van der Waals surface area contributed by atoms with Gasteiger partial charge in [-0.15, -0.1) is 0 Å². The van der Waals surface area contributed by atoms with E-state index < -0.39 is 0 Å². The van der Waals surface area contributed by atoms with Crippen molar-refractivity contribution in [1.29, 1.82) is 0 Å². The Balaban J connectivity index is 2.88. The predicted octanol–water partition coefficient (Wildman–Crippen LogP) is 2.40. The Kier molecular flexibility index (Phi) is 3.35. The number of allylic oxidation sites excluding steroid dienone is 2. The molecule has 0 bridgehead atoms. The lowest BCUT2D eigenvalue weighted by Gasteiger charge is -1.96. The lowest BCUT2D eigenvalue weighted by Crippen LogP contribution is -1.99. The molecule has 0 amide bonds. The van der Waals surface area contributed by atoms with E-state index in [4.69, 9.17) is 0 Å². The maximum absolute atomic E-state index is 11.5. The smallest absolute Gasteiger partial charge is 0.186 e. The van der Waals surface area contributed by atoms with Gasteiger partial charge in [0.1, 0.15) is 0 Å². The molecule has 0 N–H and O–H groups in total. The van der Waals surface area contributed by atoms with Gasteiger partial charge in [-0.25, -0.2) is 0 Å². The molecular formula is C12H12O2. The molecule has 0 saturated carbocycles. The van der Waals surface area contributed by atoms with Crippen LogP contribution in [0.15, 0.2) is 42.0 Å². The maximum atomic E-state index is 11.5. The highest BCUT2D eigenvalue weighted by Crippen LogP contribution is 2.03. The van der Waals surface area contributed by atoms with Crippen LogP contribution in [-0.4, -0.2) is 11.6 Å². The molecule has 0 heterocycles. The van der Waals surface area contributed by atoms with E-state index in [9.17, 15) is 9.59 Å². The SMILES string of the molecule is CC(=O)C(C)=CC(=O)c1ccccc1. The molecule has 0 aliphatic rings. The molecule has 72 valence electrons. The quantitative estimate of drug-likeness (QED) is 0.539. The lowest BCUT2D eigenvalue weighted by molar-refractivity contribution is -0.113. The second-order valence-corrected chi connectivity index (χ2v) is 3.11. The molecule has 0 radical (unpaired) electrons. The normalized spacial score (nSPS) is 11.1. The van der Waals surface area contributed by atoms with Crippen molar-refractivity contribution < 1.29 is 9.59 Å². The monoisotopic (exact) mass is 188 g/mol. The summed E-state index contributed by atoms with van der Waals surface area (Å²) in [6.07, 6.45) is 1.37. The lowest BCUT2D eigenvalue weighted by atomic mass is 10.1. The van der Waals surface area contributed by atoms with Gasteiger partial charge in [0.2, 0.25) is 0 Å². The number of carbonyl (C=O) groups excluding carboxylic acids is 2. The number of rotatable bonds is 3. The molecule has 2 heteroatoms. The Morgan fingerprint density at radius 3 is 2.14 bits per heavy atom. The van der Waals surface area contributed by atoms with Crippen LogP contribution in [0.25, 0.3) is 0 Å². The molecule has 1 rings (SSSR count). The summed E-state index contributed by atoms with van der Waals surface area (Å²) in [5.41, 5.74) is 1.09. The third-order valence-corrected chi connectivity index (χ3v) is 1.96. The Morgan fingerprint density at radius 1 is 1.07 bits per heavy atom. The summed E-state index contributed by atoms with van der Waals surface area (Å²) in [6, 6.07) is 8.89. The van der Waals surface area contributed by atoms with Crippen molar-refractivity contribution in [3.05, 3.63) is 47.5 Å². The van der Waals surface area contributed by atoms with Crippen molar-refractivity contribution >= 4 is 11.6 Å². The number of hydrogen-bond donors (Lipinski definition) is 0. The van der Waals surface area contributed by atoms with Gasteiger partial charge in [-0.3, -0.25) is 9.59 Å². The topological polar surface area (TPSA) is 34.1 Å². The van der Waals surface area contributed by atoms with Crippen LogP contribution in [0.3, 0.4) is 0 Å². The van der Waals surface area contributed by atoms with E-state index in [1.165, 1.54) is 13.0 Å². The molecule has 0 aliphatic heterocycles. The van der Waals surface area contributed by atoms with Gasteiger partial charge in [-0.05, 0) is 25.5 Å². The Hall–Kier alpha value is -1.70.